The lowest BCUT2D eigenvalue weighted by Gasteiger charge is -2.24. The summed E-state index contributed by atoms with van der Waals surface area (Å²) >= 11 is 1.66. The van der Waals surface area contributed by atoms with Gasteiger partial charge in [-0.1, -0.05) is 0 Å². The monoisotopic (exact) mass is 341 g/mol. The summed E-state index contributed by atoms with van der Waals surface area (Å²) in [5.41, 5.74) is 1.72. The van der Waals surface area contributed by atoms with E-state index in [4.69, 9.17) is 5.26 Å². The molecule has 1 saturated heterocycles. The largest absolute Gasteiger partial charge is 0.367 e. The van der Waals surface area contributed by atoms with Gasteiger partial charge in [0, 0.05) is 25.8 Å². The first-order valence-electron chi connectivity index (χ1n) is 7.95. The maximum Gasteiger partial charge on any atom is 0.317 e. The summed E-state index contributed by atoms with van der Waals surface area (Å²) in [6.07, 6.45) is 3.69. The number of thiophene rings is 1. The van der Waals surface area contributed by atoms with Gasteiger partial charge < -0.3 is 15.5 Å². The Morgan fingerprint density at radius 3 is 3.17 bits per heavy atom. The van der Waals surface area contributed by atoms with Gasteiger partial charge in [-0.3, -0.25) is 0 Å². The Kier molecular flexibility index (Phi) is 5.29. The first-order chi connectivity index (χ1) is 11.8. The standard InChI is InChI=1S/C17H19N5OS/c18-11-13-3-1-6-19-16(13)20-7-8-21-17(23)22-9-2-4-15(22)14-5-10-24-12-14/h1,3,5-6,10,12,15H,2,4,7-9H2,(H,19,20)(H,21,23)/t15-/m1/s1. The van der Waals surface area contributed by atoms with Gasteiger partial charge in [0.15, 0.2) is 0 Å². The van der Waals surface area contributed by atoms with Crippen molar-refractivity contribution in [2.75, 3.05) is 25.0 Å². The van der Waals surface area contributed by atoms with Crippen LogP contribution in [-0.2, 0) is 0 Å². The lowest BCUT2D eigenvalue weighted by molar-refractivity contribution is 0.193. The van der Waals surface area contributed by atoms with E-state index in [1.807, 2.05) is 10.3 Å². The van der Waals surface area contributed by atoms with Crippen LogP contribution in [-0.4, -0.2) is 35.5 Å². The number of rotatable bonds is 5. The number of amides is 2. The lowest BCUT2D eigenvalue weighted by Crippen LogP contribution is -2.41. The fraction of sp³-hybridized carbons (Fsp3) is 0.353. The second kappa shape index (κ2) is 7.79. The lowest BCUT2D eigenvalue weighted by atomic mass is 10.1. The number of aromatic nitrogens is 1. The Morgan fingerprint density at radius 1 is 1.46 bits per heavy atom. The number of carbonyl (C=O) groups excluding carboxylic acids is 1. The summed E-state index contributed by atoms with van der Waals surface area (Å²) in [7, 11) is 0. The Labute approximate surface area is 145 Å². The van der Waals surface area contributed by atoms with Gasteiger partial charge in [-0.2, -0.15) is 16.6 Å². The Hall–Kier alpha value is -2.59. The highest BCUT2D eigenvalue weighted by Gasteiger charge is 2.29. The van der Waals surface area contributed by atoms with Crippen molar-refractivity contribution < 1.29 is 4.79 Å². The molecule has 3 rings (SSSR count). The van der Waals surface area contributed by atoms with Gasteiger partial charge in [0.2, 0.25) is 0 Å². The molecule has 0 aromatic carbocycles. The summed E-state index contributed by atoms with van der Waals surface area (Å²) in [6, 6.07) is 7.77. The Balaban J connectivity index is 1.48. The van der Waals surface area contributed by atoms with Gasteiger partial charge in [0.05, 0.1) is 11.6 Å². The highest BCUT2D eigenvalue weighted by molar-refractivity contribution is 7.07. The van der Waals surface area contributed by atoms with Gasteiger partial charge >= 0.3 is 6.03 Å². The number of urea groups is 1. The number of nitrogens with zero attached hydrogens (tertiary/aromatic N) is 3. The van der Waals surface area contributed by atoms with E-state index >= 15 is 0 Å². The van der Waals surface area contributed by atoms with Crippen molar-refractivity contribution in [2.45, 2.75) is 18.9 Å². The smallest absolute Gasteiger partial charge is 0.317 e. The highest BCUT2D eigenvalue weighted by Crippen LogP contribution is 2.32. The number of hydrogen-bond donors (Lipinski definition) is 2. The summed E-state index contributed by atoms with van der Waals surface area (Å²) in [5, 5.41) is 19.2. The molecule has 0 saturated carbocycles. The van der Waals surface area contributed by atoms with Gasteiger partial charge in [0.1, 0.15) is 11.9 Å². The number of pyridine rings is 1. The van der Waals surface area contributed by atoms with Crippen LogP contribution in [0.15, 0.2) is 35.2 Å². The molecule has 6 nitrogen and oxygen atoms in total. The van der Waals surface area contributed by atoms with E-state index in [-0.39, 0.29) is 12.1 Å². The number of anilines is 1. The van der Waals surface area contributed by atoms with Gasteiger partial charge in [-0.05, 0) is 47.4 Å². The zero-order chi connectivity index (χ0) is 16.8. The van der Waals surface area contributed by atoms with E-state index in [2.05, 4.69) is 33.1 Å². The molecule has 0 bridgehead atoms. The van der Waals surface area contributed by atoms with Crippen molar-refractivity contribution >= 4 is 23.2 Å². The maximum absolute atomic E-state index is 12.4. The van der Waals surface area contributed by atoms with Crippen LogP contribution >= 0.6 is 11.3 Å². The molecule has 2 aromatic rings. The third kappa shape index (κ3) is 3.66. The molecule has 0 aliphatic carbocycles. The van der Waals surface area contributed by atoms with E-state index in [1.165, 1.54) is 5.56 Å². The van der Waals surface area contributed by atoms with Crippen LogP contribution in [0, 0.1) is 11.3 Å². The average Bonchev–Trinajstić information content (AvgIpc) is 3.29. The topological polar surface area (TPSA) is 81.0 Å². The molecule has 0 spiro atoms. The quantitative estimate of drug-likeness (QED) is 0.819. The minimum atomic E-state index is -0.0352. The molecule has 0 unspecified atom stereocenters. The molecule has 2 aromatic heterocycles. The SMILES string of the molecule is N#Cc1cccnc1NCCNC(=O)N1CCC[C@@H]1c1ccsc1. The van der Waals surface area contributed by atoms with Crippen molar-refractivity contribution in [2.24, 2.45) is 0 Å². The molecule has 1 fully saturated rings. The number of carbonyl (C=O) groups is 1. The maximum atomic E-state index is 12.4. The molecule has 1 aliphatic heterocycles. The second-order valence-electron chi connectivity index (χ2n) is 5.58. The Bertz CT molecular complexity index is 725. The predicted molar refractivity (Wildman–Crippen MR) is 93.8 cm³/mol. The number of nitriles is 1. The first-order valence-corrected chi connectivity index (χ1v) is 8.89. The van der Waals surface area contributed by atoms with E-state index in [0.29, 0.717) is 24.5 Å². The molecule has 7 heteroatoms. The van der Waals surface area contributed by atoms with Crippen LogP contribution in [0.3, 0.4) is 0 Å². The zero-order valence-electron chi connectivity index (χ0n) is 13.2. The highest BCUT2D eigenvalue weighted by atomic mass is 32.1. The number of hydrogen-bond acceptors (Lipinski definition) is 5. The van der Waals surface area contributed by atoms with Crippen LogP contribution in [0.25, 0.3) is 0 Å². The third-order valence-corrected chi connectivity index (χ3v) is 4.76. The van der Waals surface area contributed by atoms with Crippen LogP contribution in [0.5, 0.6) is 0 Å². The zero-order valence-corrected chi connectivity index (χ0v) is 14.1. The Morgan fingerprint density at radius 2 is 2.38 bits per heavy atom. The average molecular weight is 341 g/mol. The molecule has 24 heavy (non-hydrogen) atoms. The molecular weight excluding hydrogens is 322 g/mol. The van der Waals surface area contributed by atoms with Crippen molar-refractivity contribution in [3.05, 3.63) is 46.3 Å². The van der Waals surface area contributed by atoms with Crippen LogP contribution < -0.4 is 10.6 Å². The summed E-state index contributed by atoms with van der Waals surface area (Å²) in [5.74, 6) is 0.548. The molecule has 124 valence electrons. The molecule has 0 radical (unpaired) electrons. The van der Waals surface area contributed by atoms with Crippen molar-refractivity contribution in [1.82, 2.24) is 15.2 Å². The fourth-order valence-corrected chi connectivity index (χ4v) is 3.62. The molecular formula is C17H19N5OS. The molecule has 1 aliphatic rings. The van der Waals surface area contributed by atoms with Crippen LogP contribution in [0.2, 0.25) is 0 Å². The molecule has 2 amide bonds. The minimum Gasteiger partial charge on any atom is -0.367 e. The molecule has 2 N–H and O–H groups in total. The van der Waals surface area contributed by atoms with Gasteiger partial charge in [-0.15, -0.1) is 0 Å². The summed E-state index contributed by atoms with van der Waals surface area (Å²) in [4.78, 5) is 18.4. The van der Waals surface area contributed by atoms with Gasteiger partial charge in [-0.25, -0.2) is 9.78 Å². The minimum absolute atomic E-state index is 0.0352. The van der Waals surface area contributed by atoms with Crippen LogP contribution in [0.4, 0.5) is 10.6 Å². The first kappa shape index (κ1) is 16.3. The van der Waals surface area contributed by atoms with Crippen molar-refractivity contribution in [3.8, 4) is 6.07 Å². The summed E-state index contributed by atoms with van der Waals surface area (Å²) < 4.78 is 0. The number of nitrogens with one attached hydrogen (secondary N) is 2. The second-order valence-corrected chi connectivity index (χ2v) is 6.36. The van der Waals surface area contributed by atoms with E-state index in [9.17, 15) is 4.79 Å². The third-order valence-electron chi connectivity index (χ3n) is 4.06. The fourth-order valence-electron chi connectivity index (χ4n) is 2.91. The van der Waals surface area contributed by atoms with Crippen molar-refractivity contribution in [3.63, 3.8) is 0 Å². The van der Waals surface area contributed by atoms with Crippen LogP contribution in [0.1, 0.15) is 30.0 Å². The normalized spacial score (nSPS) is 16.6. The van der Waals surface area contributed by atoms with Gasteiger partial charge in [0.25, 0.3) is 0 Å². The van der Waals surface area contributed by atoms with Crippen molar-refractivity contribution in [1.29, 1.82) is 5.26 Å². The predicted octanol–water partition coefficient (Wildman–Crippen LogP) is 2.97. The van der Waals surface area contributed by atoms with E-state index in [0.717, 1.165) is 19.4 Å². The van der Waals surface area contributed by atoms with E-state index in [1.54, 1.807) is 29.7 Å². The molecule has 3 heterocycles. The summed E-state index contributed by atoms with van der Waals surface area (Å²) in [6.45, 7) is 1.79. The number of likely N-dealkylation sites (tertiary alicyclic amines) is 1. The van der Waals surface area contributed by atoms with E-state index < -0.39 is 0 Å². The molecule has 1 atom stereocenters.